The van der Waals surface area contributed by atoms with Gasteiger partial charge in [0.15, 0.2) is 9.84 Å². The minimum absolute atomic E-state index is 0.00153. The summed E-state index contributed by atoms with van der Waals surface area (Å²) in [4.78, 5) is 3.93. The summed E-state index contributed by atoms with van der Waals surface area (Å²) in [6.07, 6.45) is -3.57. The van der Waals surface area contributed by atoms with Gasteiger partial charge in [0.1, 0.15) is 28.7 Å². The number of hydrogen-bond acceptors (Lipinski definition) is 4. The highest BCUT2D eigenvalue weighted by molar-refractivity contribution is 7.90. The first-order valence-electron chi connectivity index (χ1n) is 9.69. The fraction of sp³-hybridized carbons (Fsp3) is 0.174. The minimum atomic E-state index is -4.53. The van der Waals surface area contributed by atoms with Gasteiger partial charge < -0.3 is 4.74 Å². The number of alkyl halides is 3. The maximum atomic E-state index is 13.9. The second kappa shape index (κ2) is 7.87. The van der Waals surface area contributed by atoms with Crippen LogP contribution in [0.15, 0.2) is 59.5 Å². The van der Waals surface area contributed by atoms with E-state index in [4.69, 9.17) is 4.74 Å². The molecule has 0 aliphatic carbocycles. The number of rotatable bonds is 4. The molecule has 0 bridgehead atoms. The van der Waals surface area contributed by atoms with Crippen molar-refractivity contribution in [3.63, 3.8) is 0 Å². The van der Waals surface area contributed by atoms with Crippen molar-refractivity contribution in [3.05, 3.63) is 77.4 Å². The van der Waals surface area contributed by atoms with E-state index in [9.17, 15) is 26.0 Å². The molecule has 0 aliphatic heterocycles. The standard InChI is InChI=1S/C23H18F4N2O3S/c1-13-9-16(32-17-10-15(24)11-18(12-17)33(3,30)31)7-8-20(13)29-14(2)28-22-19(23(25,26)27)5-4-6-21(22)29/h4-12H,1-3H3. The number of para-hydroxylation sites is 1. The van der Waals surface area contributed by atoms with Crippen LogP contribution in [0.25, 0.3) is 16.7 Å². The Morgan fingerprint density at radius 3 is 2.33 bits per heavy atom. The lowest BCUT2D eigenvalue weighted by molar-refractivity contribution is -0.136. The zero-order valence-corrected chi connectivity index (χ0v) is 18.6. The van der Waals surface area contributed by atoms with Gasteiger partial charge in [-0.05, 0) is 61.9 Å². The number of nitrogens with zero attached hydrogens (tertiary/aromatic N) is 2. The predicted molar refractivity (Wildman–Crippen MR) is 115 cm³/mol. The van der Waals surface area contributed by atoms with E-state index in [1.165, 1.54) is 12.1 Å². The van der Waals surface area contributed by atoms with Gasteiger partial charge in [0.25, 0.3) is 0 Å². The highest BCUT2D eigenvalue weighted by Gasteiger charge is 2.34. The third-order valence-corrected chi connectivity index (χ3v) is 6.17. The molecule has 10 heteroatoms. The van der Waals surface area contributed by atoms with Crippen LogP contribution in [0.2, 0.25) is 0 Å². The van der Waals surface area contributed by atoms with Gasteiger partial charge in [-0.15, -0.1) is 0 Å². The Labute approximate surface area is 187 Å². The van der Waals surface area contributed by atoms with E-state index in [1.807, 2.05) is 0 Å². The first-order chi connectivity index (χ1) is 15.3. The van der Waals surface area contributed by atoms with Crippen LogP contribution in [0.3, 0.4) is 0 Å². The topological polar surface area (TPSA) is 61.2 Å². The molecule has 5 nitrogen and oxygen atoms in total. The average Bonchev–Trinajstić information content (AvgIpc) is 3.02. The number of aromatic nitrogens is 2. The third kappa shape index (κ3) is 4.43. The summed E-state index contributed by atoms with van der Waals surface area (Å²) in [5, 5.41) is 0. The summed E-state index contributed by atoms with van der Waals surface area (Å²) < 4.78 is 84.8. The fourth-order valence-corrected chi connectivity index (χ4v) is 4.29. The third-order valence-electron chi connectivity index (χ3n) is 5.08. The molecule has 1 heterocycles. The zero-order chi connectivity index (χ0) is 24.1. The van der Waals surface area contributed by atoms with Crippen molar-refractivity contribution in [1.82, 2.24) is 9.55 Å². The first kappa shape index (κ1) is 22.8. The van der Waals surface area contributed by atoms with Gasteiger partial charge in [-0.2, -0.15) is 13.2 Å². The van der Waals surface area contributed by atoms with E-state index < -0.39 is 27.4 Å². The molecular formula is C23H18F4N2O3S. The van der Waals surface area contributed by atoms with Crippen LogP contribution >= 0.6 is 0 Å². The first-order valence-corrected chi connectivity index (χ1v) is 11.6. The molecule has 0 N–H and O–H groups in total. The molecule has 4 rings (SSSR count). The van der Waals surface area contributed by atoms with Crippen molar-refractivity contribution < 1.29 is 30.7 Å². The van der Waals surface area contributed by atoms with Crippen molar-refractivity contribution in [2.45, 2.75) is 24.9 Å². The molecule has 1 aromatic heterocycles. The Morgan fingerprint density at radius 1 is 0.970 bits per heavy atom. The van der Waals surface area contributed by atoms with Crippen LogP contribution < -0.4 is 4.74 Å². The van der Waals surface area contributed by atoms with Gasteiger partial charge in [0.2, 0.25) is 0 Å². The van der Waals surface area contributed by atoms with Gasteiger partial charge in [-0.25, -0.2) is 17.8 Å². The van der Waals surface area contributed by atoms with Gasteiger partial charge in [0.05, 0.1) is 21.7 Å². The molecule has 33 heavy (non-hydrogen) atoms. The van der Waals surface area contributed by atoms with Crippen molar-refractivity contribution in [2.75, 3.05) is 6.26 Å². The van der Waals surface area contributed by atoms with Crippen LogP contribution in [-0.4, -0.2) is 24.2 Å². The molecule has 3 aromatic carbocycles. The molecule has 0 aliphatic rings. The summed E-state index contributed by atoms with van der Waals surface area (Å²) >= 11 is 0. The SMILES string of the molecule is Cc1cc(Oc2cc(F)cc(S(C)(=O)=O)c2)ccc1-n1c(C)nc2c(C(F)(F)F)cccc21. The van der Waals surface area contributed by atoms with Gasteiger partial charge in [-0.3, -0.25) is 4.57 Å². The summed E-state index contributed by atoms with van der Waals surface area (Å²) in [6, 6.07) is 11.9. The van der Waals surface area contributed by atoms with Gasteiger partial charge >= 0.3 is 6.18 Å². The van der Waals surface area contributed by atoms with Crippen LogP contribution in [0.5, 0.6) is 11.5 Å². The summed E-state index contributed by atoms with van der Waals surface area (Å²) in [5.74, 6) is -0.0790. The fourth-order valence-electron chi connectivity index (χ4n) is 3.64. The number of imidazole rings is 1. The number of hydrogen-bond donors (Lipinski definition) is 0. The minimum Gasteiger partial charge on any atom is -0.457 e. The van der Waals surface area contributed by atoms with Crippen LogP contribution in [0.1, 0.15) is 17.0 Å². The largest absolute Gasteiger partial charge is 0.457 e. The Balaban J connectivity index is 1.75. The van der Waals surface area contributed by atoms with Crippen molar-refractivity contribution in [2.24, 2.45) is 0 Å². The Bertz CT molecular complexity index is 1490. The lowest BCUT2D eigenvalue weighted by Gasteiger charge is -2.14. The normalized spacial score (nSPS) is 12.3. The molecule has 0 unspecified atom stereocenters. The maximum Gasteiger partial charge on any atom is 0.418 e. The molecule has 0 saturated carbocycles. The second-order valence-corrected chi connectivity index (χ2v) is 9.63. The Kier molecular flexibility index (Phi) is 5.44. The average molecular weight is 478 g/mol. The molecule has 0 saturated heterocycles. The monoisotopic (exact) mass is 478 g/mol. The predicted octanol–water partition coefficient (Wildman–Crippen LogP) is 6.00. The van der Waals surface area contributed by atoms with Gasteiger partial charge in [-0.1, -0.05) is 6.07 Å². The van der Waals surface area contributed by atoms with Crippen LogP contribution in [0.4, 0.5) is 17.6 Å². The molecule has 0 spiro atoms. The summed E-state index contributed by atoms with van der Waals surface area (Å²) in [6.45, 7) is 3.36. The molecule has 0 amide bonds. The Hall–Kier alpha value is -3.40. The number of halogens is 4. The second-order valence-electron chi connectivity index (χ2n) is 7.61. The highest BCUT2D eigenvalue weighted by Crippen LogP contribution is 2.36. The lowest BCUT2D eigenvalue weighted by atomic mass is 10.1. The summed E-state index contributed by atoms with van der Waals surface area (Å²) in [5.41, 5.74) is 0.606. The molecular weight excluding hydrogens is 460 g/mol. The van der Waals surface area contributed by atoms with Crippen LogP contribution in [-0.2, 0) is 16.0 Å². The number of ether oxygens (including phenoxy) is 1. The van der Waals surface area contributed by atoms with Crippen LogP contribution in [0, 0.1) is 19.7 Å². The number of benzene rings is 3. The van der Waals surface area contributed by atoms with E-state index in [-0.39, 0.29) is 16.2 Å². The molecule has 0 fully saturated rings. The zero-order valence-electron chi connectivity index (χ0n) is 17.7. The van der Waals surface area contributed by atoms with E-state index in [0.717, 1.165) is 24.5 Å². The maximum absolute atomic E-state index is 13.9. The smallest absolute Gasteiger partial charge is 0.418 e. The molecule has 172 valence electrons. The van der Waals surface area contributed by atoms with E-state index in [2.05, 4.69) is 4.98 Å². The molecule has 0 atom stereocenters. The molecule has 0 radical (unpaired) electrons. The van der Waals surface area contributed by atoms with Crippen molar-refractivity contribution >= 4 is 20.9 Å². The van der Waals surface area contributed by atoms with Crippen molar-refractivity contribution in [3.8, 4) is 17.2 Å². The van der Waals surface area contributed by atoms with E-state index in [1.54, 1.807) is 42.7 Å². The molecule has 4 aromatic rings. The lowest BCUT2D eigenvalue weighted by Crippen LogP contribution is -2.05. The number of sulfone groups is 1. The number of aryl methyl sites for hydroxylation is 2. The quantitative estimate of drug-likeness (QED) is 0.338. The van der Waals surface area contributed by atoms with Gasteiger partial charge in [0, 0.05) is 12.3 Å². The summed E-state index contributed by atoms with van der Waals surface area (Å²) in [7, 11) is -3.63. The number of fused-ring (bicyclic) bond motifs is 1. The van der Waals surface area contributed by atoms with Crippen molar-refractivity contribution in [1.29, 1.82) is 0 Å². The highest BCUT2D eigenvalue weighted by atomic mass is 32.2. The van der Waals surface area contributed by atoms with E-state index >= 15 is 0 Å². The Morgan fingerprint density at radius 2 is 1.70 bits per heavy atom. The van der Waals surface area contributed by atoms with E-state index in [0.29, 0.717) is 28.3 Å².